The van der Waals surface area contributed by atoms with Crippen molar-refractivity contribution in [3.05, 3.63) is 30.6 Å². The Morgan fingerprint density at radius 1 is 1.27 bits per heavy atom. The SMILES string of the molecule is O=S(=O)(O)c1ccc(-[n+]2cnn[nH]2)cc1. The van der Waals surface area contributed by atoms with E-state index in [0.29, 0.717) is 5.69 Å². The van der Waals surface area contributed by atoms with Crippen LogP contribution >= 0.6 is 0 Å². The average molecular weight is 227 g/mol. The fourth-order valence-electron chi connectivity index (χ4n) is 1.08. The van der Waals surface area contributed by atoms with E-state index in [4.69, 9.17) is 4.55 Å². The highest BCUT2D eigenvalue weighted by molar-refractivity contribution is 7.85. The monoisotopic (exact) mass is 227 g/mol. The lowest BCUT2D eigenvalue weighted by atomic mass is 10.3. The number of tetrazole rings is 1. The Bertz CT molecular complexity index is 546. The predicted molar refractivity (Wildman–Crippen MR) is 47.7 cm³/mol. The molecule has 0 aliphatic rings. The number of nitrogens with zero attached hydrogens (tertiary/aromatic N) is 3. The Morgan fingerprint density at radius 2 is 1.93 bits per heavy atom. The van der Waals surface area contributed by atoms with Crippen molar-refractivity contribution in [2.45, 2.75) is 4.90 Å². The van der Waals surface area contributed by atoms with Gasteiger partial charge in [0.1, 0.15) is 10.8 Å². The minimum Gasteiger partial charge on any atom is -0.282 e. The molecule has 0 bridgehead atoms. The summed E-state index contributed by atoms with van der Waals surface area (Å²) in [5, 5.41) is 9.60. The molecule has 2 N–H and O–H groups in total. The minimum absolute atomic E-state index is 0.153. The predicted octanol–water partition coefficient (Wildman–Crippen LogP) is -0.672. The van der Waals surface area contributed by atoms with Crippen LogP contribution in [0, 0.1) is 0 Å². The second-order valence-corrected chi connectivity index (χ2v) is 4.19. The van der Waals surface area contributed by atoms with Crippen molar-refractivity contribution < 1.29 is 17.7 Å². The molecule has 1 heterocycles. The summed E-state index contributed by atoms with van der Waals surface area (Å²) in [6, 6.07) is 5.61. The first-order valence-electron chi connectivity index (χ1n) is 3.93. The van der Waals surface area contributed by atoms with E-state index < -0.39 is 10.1 Å². The summed E-state index contributed by atoms with van der Waals surface area (Å²) in [6.45, 7) is 0. The van der Waals surface area contributed by atoms with Crippen LogP contribution in [0.15, 0.2) is 35.5 Å². The molecule has 0 saturated carbocycles. The highest BCUT2D eigenvalue weighted by Gasteiger charge is 2.10. The second-order valence-electron chi connectivity index (χ2n) is 2.77. The van der Waals surface area contributed by atoms with Gasteiger partial charge < -0.3 is 0 Å². The molecular weight excluding hydrogens is 220 g/mol. The maximum Gasteiger partial charge on any atom is 0.294 e. The Kier molecular flexibility index (Phi) is 2.21. The number of aromatic nitrogens is 4. The molecule has 7 nitrogen and oxygen atoms in total. The lowest BCUT2D eigenvalue weighted by molar-refractivity contribution is -0.660. The molecule has 0 unspecified atom stereocenters. The van der Waals surface area contributed by atoms with Crippen LogP contribution in [0.3, 0.4) is 0 Å². The molecule has 1 aromatic heterocycles. The van der Waals surface area contributed by atoms with Crippen molar-refractivity contribution in [2.24, 2.45) is 0 Å². The lowest BCUT2D eigenvalue weighted by Crippen LogP contribution is -2.31. The van der Waals surface area contributed by atoms with Gasteiger partial charge in [-0.3, -0.25) is 4.55 Å². The number of H-pyrrole nitrogens is 1. The van der Waals surface area contributed by atoms with Gasteiger partial charge in [-0.25, -0.2) is 0 Å². The molecule has 0 radical (unpaired) electrons. The summed E-state index contributed by atoms with van der Waals surface area (Å²) in [5.74, 6) is 0. The van der Waals surface area contributed by atoms with Gasteiger partial charge in [-0.2, -0.15) is 8.42 Å². The summed E-state index contributed by atoms with van der Waals surface area (Å²) < 4.78 is 31.7. The van der Waals surface area contributed by atoms with Crippen molar-refractivity contribution in [1.82, 2.24) is 15.5 Å². The molecule has 2 rings (SSSR count). The zero-order chi connectivity index (χ0) is 10.9. The van der Waals surface area contributed by atoms with Crippen LogP contribution in [0.25, 0.3) is 5.69 Å². The normalized spacial score (nSPS) is 11.5. The first kappa shape index (κ1) is 9.74. The van der Waals surface area contributed by atoms with Crippen LogP contribution in [0.2, 0.25) is 0 Å². The third kappa shape index (κ3) is 2.00. The summed E-state index contributed by atoms with van der Waals surface area (Å²) in [6.07, 6.45) is 1.43. The third-order valence-electron chi connectivity index (χ3n) is 1.79. The van der Waals surface area contributed by atoms with Crippen molar-refractivity contribution in [2.75, 3.05) is 0 Å². The molecule has 8 heteroatoms. The lowest BCUT2D eigenvalue weighted by Gasteiger charge is -1.97. The Morgan fingerprint density at radius 3 is 2.40 bits per heavy atom. The van der Waals surface area contributed by atoms with Crippen LogP contribution in [0.4, 0.5) is 0 Å². The molecule has 0 saturated heterocycles. The second kappa shape index (κ2) is 3.41. The first-order valence-corrected chi connectivity index (χ1v) is 5.37. The zero-order valence-electron chi connectivity index (χ0n) is 7.40. The average Bonchev–Trinajstić information content (AvgIpc) is 2.69. The van der Waals surface area contributed by atoms with E-state index in [2.05, 4.69) is 15.5 Å². The summed E-state index contributed by atoms with van der Waals surface area (Å²) in [7, 11) is -4.14. The molecular formula is C7H7N4O3S+. The van der Waals surface area contributed by atoms with Crippen molar-refractivity contribution in [1.29, 1.82) is 0 Å². The molecule has 2 aromatic rings. The Labute approximate surface area is 85.1 Å². The summed E-state index contributed by atoms with van der Waals surface area (Å²) >= 11 is 0. The number of aromatic amines is 1. The van der Waals surface area contributed by atoms with Gasteiger partial charge in [0.2, 0.25) is 0 Å². The molecule has 0 atom stereocenters. The zero-order valence-corrected chi connectivity index (χ0v) is 8.22. The van der Waals surface area contributed by atoms with E-state index in [-0.39, 0.29) is 4.90 Å². The van der Waals surface area contributed by atoms with E-state index in [0.717, 1.165) is 0 Å². The van der Waals surface area contributed by atoms with Crippen LogP contribution in [-0.2, 0) is 10.1 Å². The third-order valence-corrected chi connectivity index (χ3v) is 2.66. The number of hydrogen-bond acceptors (Lipinski definition) is 4. The Hall–Kier alpha value is -1.80. The molecule has 0 aliphatic heterocycles. The largest absolute Gasteiger partial charge is 0.294 e. The van der Waals surface area contributed by atoms with Crippen LogP contribution in [0.1, 0.15) is 0 Å². The molecule has 0 spiro atoms. The molecule has 15 heavy (non-hydrogen) atoms. The fraction of sp³-hybridized carbons (Fsp3) is 0. The van der Waals surface area contributed by atoms with Gasteiger partial charge in [0.25, 0.3) is 16.4 Å². The topological polar surface area (TPSA) is 99.8 Å². The number of hydrogen-bond donors (Lipinski definition) is 2. The maximum absolute atomic E-state index is 10.7. The van der Waals surface area contributed by atoms with Crippen molar-refractivity contribution in [3.63, 3.8) is 0 Å². The summed E-state index contributed by atoms with van der Waals surface area (Å²) in [5.41, 5.74) is 0.660. The minimum atomic E-state index is -4.14. The van der Waals surface area contributed by atoms with E-state index in [9.17, 15) is 8.42 Å². The summed E-state index contributed by atoms with van der Waals surface area (Å²) in [4.78, 5) is -0.153. The number of benzene rings is 1. The van der Waals surface area contributed by atoms with Crippen LogP contribution in [-0.4, -0.2) is 28.5 Å². The van der Waals surface area contributed by atoms with Crippen LogP contribution < -0.4 is 4.68 Å². The van der Waals surface area contributed by atoms with Gasteiger partial charge in [0.15, 0.2) is 5.21 Å². The highest BCUT2D eigenvalue weighted by Crippen LogP contribution is 2.09. The van der Waals surface area contributed by atoms with E-state index in [1.165, 1.54) is 35.3 Å². The van der Waals surface area contributed by atoms with Gasteiger partial charge >= 0.3 is 0 Å². The van der Waals surface area contributed by atoms with E-state index >= 15 is 0 Å². The molecule has 0 aliphatic carbocycles. The number of nitrogens with one attached hydrogen (secondary N) is 1. The molecule has 0 amide bonds. The smallest absolute Gasteiger partial charge is 0.282 e. The van der Waals surface area contributed by atoms with Crippen molar-refractivity contribution >= 4 is 10.1 Å². The van der Waals surface area contributed by atoms with Gasteiger partial charge in [-0.05, 0) is 24.3 Å². The molecule has 78 valence electrons. The van der Waals surface area contributed by atoms with E-state index in [1.807, 2.05) is 0 Å². The first-order chi connectivity index (χ1) is 7.07. The molecule has 1 aromatic carbocycles. The maximum atomic E-state index is 10.7. The van der Waals surface area contributed by atoms with Gasteiger partial charge in [-0.15, -0.1) is 4.68 Å². The van der Waals surface area contributed by atoms with Crippen LogP contribution in [0.5, 0.6) is 0 Å². The van der Waals surface area contributed by atoms with E-state index in [1.54, 1.807) is 0 Å². The highest BCUT2D eigenvalue weighted by atomic mass is 32.2. The molecule has 0 fully saturated rings. The van der Waals surface area contributed by atoms with Gasteiger partial charge in [0.05, 0.1) is 4.90 Å². The van der Waals surface area contributed by atoms with Gasteiger partial charge in [-0.1, -0.05) is 5.21 Å². The quantitative estimate of drug-likeness (QED) is 0.523. The fourth-order valence-corrected chi connectivity index (χ4v) is 1.56. The standard InChI is InChI=1S/C7H6N4O3S/c12-15(13,14)7-3-1-6(2-4-7)11-5-8-9-10-11/h1-5H,(H,12,13,14)/p+1. The Balaban J connectivity index is 2.42. The van der Waals surface area contributed by atoms with Gasteiger partial charge in [0, 0.05) is 0 Å². The number of rotatable bonds is 2. The van der Waals surface area contributed by atoms with Crippen molar-refractivity contribution in [3.8, 4) is 5.69 Å².